The van der Waals surface area contributed by atoms with Crippen LogP contribution < -0.4 is 0 Å². The topological polar surface area (TPSA) is 3.24 Å². The Bertz CT molecular complexity index is 404. The number of fused-ring (bicyclic) bond motifs is 1. The molecule has 2 aliphatic rings. The minimum atomic E-state index is 0.696. The molecule has 1 aliphatic heterocycles. The molecule has 3 rings (SSSR count). The van der Waals surface area contributed by atoms with Gasteiger partial charge in [-0.15, -0.1) is 0 Å². The first-order valence-electron chi connectivity index (χ1n) is 6.36. The molecule has 1 saturated carbocycles. The van der Waals surface area contributed by atoms with Crippen LogP contribution in [0, 0.1) is 0 Å². The fourth-order valence-electron chi connectivity index (χ4n) is 2.87. The Morgan fingerprint density at radius 1 is 1.18 bits per heavy atom. The molecule has 0 aromatic heterocycles. The average molecular weight is 263 g/mol. The van der Waals surface area contributed by atoms with E-state index < -0.39 is 0 Å². The van der Waals surface area contributed by atoms with E-state index in [1.165, 1.54) is 31.2 Å². The minimum Gasteiger partial charge on any atom is -0.349 e. The summed E-state index contributed by atoms with van der Waals surface area (Å²) in [7, 11) is 0. The summed E-state index contributed by atoms with van der Waals surface area (Å²) in [5.41, 5.74) is 1.38. The lowest BCUT2D eigenvalue weighted by molar-refractivity contribution is 0.263. The third kappa shape index (κ3) is 2.36. The molecule has 1 heterocycles. The van der Waals surface area contributed by atoms with Gasteiger partial charge in [-0.1, -0.05) is 67.2 Å². The molecular weight excluding hydrogens is 246 g/mol. The van der Waals surface area contributed by atoms with Crippen LogP contribution in [0.1, 0.15) is 31.2 Å². The molecule has 0 radical (unpaired) electrons. The number of hydrogen-bond acceptors (Lipinski definition) is 2. The monoisotopic (exact) mass is 263 g/mol. The summed E-state index contributed by atoms with van der Waals surface area (Å²) in [4.78, 5) is 2.46. The van der Waals surface area contributed by atoms with Gasteiger partial charge in [0, 0.05) is 17.8 Å². The highest BCUT2D eigenvalue weighted by atomic mass is 32.2. The number of rotatable bonds is 2. The van der Waals surface area contributed by atoms with Crippen molar-refractivity contribution in [3.8, 4) is 0 Å². The zero-order chi connectivity index (χ0) is 11.7. The molecule has 3 heteroatoms. The van der Waals surface area contributed by atoms with Crippen LogP contribution in [0.15, 0.2) is 30.3 Å². The average Bonchev–Trinajstić information content (AvgIpc) is 2.68. The van der Waals surface area contributed by atoms with Gasteiger partial charge in [0.2, 0.25) is 0 Å². The number of thiocarbonyl (C=S) groups is 1. The fraction of sp³-hybridized carbons (Fsp3) is 0.500. The molecule has 2 fully saturated rings. The standard InChI is InChI=1S/C14H17NS2/c16-14-15(10-11-6-2-1-3-7-11)12-8-4-5-9-13(12)17-14/h1-3,6-7,12-13H,4-5,8-10H2. The second-order valence-corrected chi connectivity index (χ2v) is 6.76. The van der Waals surface area contributed by atoms with Crippen molar-refractivity contribution in [2.24, 2.45) is 0 Å². The molecule has 1 saturated heterocycles. The predicted molar refractivity (Wildman–Crippen MR) is 78.2 cm³/mol. The van der Waals surface area contributed by atoms with Crippen LogP contribution in [0.4, 0.5) is 0 Å². The lowest BCUT2D eigenvalue weighted by Gasteiger charge is -2.31. The zero-order valence-corrected chi connectivity index (χ0v) is 11.5. The van der Waals surface area contributed by atoms with Gasteiger partial charge in [-0.2, -0.15) is 0 Å². The maximum absolute atomic E-state index is 5.54. The van der Waals surface area contributed by atoms with Gasteiger partial charge in [0.05, 0.1) is 0 Å². The van der Waals surface area contributed by atoms with E-state index in [2.05, 4.69) is 35.2 Å². The Morgan fingerprint density at radius 2 is 1.94 bits per heavy atom. The van der Waals surface area contributed by atoms with Crippen molar-refractivity contribution >= 4 is 28.3 Å². The fourth-order valence-corrected chi connectivity index (χ4v) is 4.76. The summed E-state index contributed by atoms with van der Waals surface area (Å²) in [6.07, 6.45) is 5.43. The molecule has 1 nitrogen and oxygen atoms in total. The van der Waals surface area contributed by atoms with Crippen molar-refractivity contribution in [3.05, 3.63) is 35.9 Å². The highest BCUT2D eigenvalue weighted by molar-refractivity contribution is 8.23. The van der Waals surface area contributed by atoms with E-state index in [4.69, 9.17) is 12.2 Å². The molecule has 0 spiro atoms. The predicted octanol–water partition coefficient (Wildman–Crippen LogP) is 3.83. The third-order valence-corrected chi connectivity index (χ3v) is 5.56. The van der Waals surface area contributed by atoms with Gasteiger partial charge in [0.1, 0.15) is 4.32 Å². The van der Waals surface area contributed by atoms with Gasteiger partial charge in [0.15, 0.2) is 0 Å². The lowest BCUT2D eigenvalue weighted by Crippen LogP contribution is -2.37. The van der Waals surface area contributed by atoms with Crippen LogP contribution >= 0.6 is 24.0 Å². The number of benzene rings is 1. The normalized spacial score (nSPS) is 28.2. The molecule has 0 N–H and O–H groups in total. The molecule has 2 unspecified atom stereocenters. The summed E-state index contributed by atoms with van der Waals surface area (Å²) in [5.74, 6) is 0. The van der Waals surface area contributed by atoms with Crippen LogP contribution in [0.2, 0.25) is 0 Å². The number of thioether (sulfide) groups is 1. The smallest absolute Gasteiger partial charge is 0.137 e. The van der Waals surface area contributed by atoms with E-state index >= 15 is 0 Å². The Morgan fingerprint density at radius 3 is 2.76 bits per heavy atom. The number of nitrogens with zero attached hydrogens (tertiary/aromatic N) is 1. The number of hydrogen-bond donors (Lipinski definition) is 0. The molecule has 0 amide bonds. The second kappa shape index (κ2) is 4.99. The molecule has 1 aromatic rings. The van der Waals surface area contributed by atoms with Crippen LogP contribution in [-0.4, -0.2) is 20.5 Å². The largest absolute Gasteiger partial charge is 0.349 e. The summed E-state index contributed by atoms with van der Waals surface area (Å²) in [5, 5.41) is 0.764. The SMILES string of the molecule is S=C1SC2CCCCC2N1Cc1ccccc1. The highest BCUT2D eigenvalue weighted by Gasteiger charge is 2.39. The zero-order valence-electron chi connectivity index (χ0n) is 9.84. The van der Waals surface area contributed by atoms with Crippen molar-refractivity contribution in [2.45, 2.75) is 43.5 Å². The highest BCUT2D eigenvalue weighted by Crippen LogP contribution is 2.41. The Labute approximate surface area is 113 Å². The van der Waals surface area contributed by atoms with Crippen molar-refractivity contribution in [1.82, 2.24) is 4.90 Å². The van der Waals surface area contributed by atoms with Gasteiger partial charge >= 0.3 is 0 Å². The quantitative estimate of drug-likeness (QED) is 0.747. The Kier molecular flexibility index (Phi) is 3.39. The molecule has 2 atom stereocenters. The summed E-state index contributed by atoms with van der Waals surface area (Å²) in [6.45, 7) is 0.994. The van der Waals surface area contributed by atoms with Gasteiger partial charge in [0.25, 0.3) is 0 Å². The molecule has 1 aromatic carbocycles. The van der Waals surface area contributed by atoms with Crippen molar-refractivity contribution in [1.29, 1.82) is 0 Å². The van der Waals surface area contributed by atoms with E-state index in [0.29, 0.717) is 6.04 Å². The summed E-state index contributed by atoms with van der Waals surface area (Å²) < 4.78 is 1.12. The van der Waals surface area contributed by atoms with Crippen LogP contribution in [0.25, 0.3) is 0 Å². The first kappa shape index (κ1) is 11.5. The van der Waals surface area contributed by atoms with E-state index in [9.17, 15) is 0 Å². The third-order valence-electron chi connectivity index (χ3n) is 3.75. The van der Waals surface area contributed by atoms with Crippen molar-refractivity contribution in [3.63, 3.8) is 0 Å². The van der Waals surface area contributed by atoms with Gasteiger partial charge < -0.3 is 4.90 Å². The van der Waals surface area contributed by atoms with Crippen LogP contribution in [-0.2, 0) is 6.54 Å². The molecular formula is C14H17NS2. The first-order valence-corrected chi connectivity index (χ1v) is 7.64. The van der Waals surface area contributed by atoms with Gasteiger partial charge in [-0.25, -0.2) is 0 Å². The van der Waals surface area contributed by atoms with E-state index in [1.54, 1.807) is 0 Å². The lowest BCUT2D eigenvalue weighted by atomic mass is 9.94. The van der Waals surface area contributed by atoms with E-state index in [-0.39, 0.29) is 0 Å². The summed E-state index contributed by atoms with van der Waals surface area (Å²) >= 11 is 7.48. The second-order valence-electron chi connectivity index (χ2n) is 4.89. The Hall–Kier alpha value is -0.540. The molecule has 0 bridgehead atoms. The maximum atomic E-state index is 5.54. The molecule has 1 aliphatic carbocycles. The molecule has 17 heavy (non-hydrogen) atoms. The summed E-state index contributed by atoms with van der Waals surface area (Å²) in [6, 6.07) is 11.4. The van der Waals surface area contributed by atoms with Gasteiger partial charge in [-0.3, -0.25) is 0 Å². The van der Waals surface area contributed by atoms with Crippen molar-refractivity contribution < 1.29 is 0 Å². The van der Waals surface area contributed by atoms with Crippen LogP contribution in [0.3, 0.4) is 0 Å². The van der Waals surface area contributed by atoms with Gasteiger partial charge in [-0.05, 0) is 18.4 Å². The Balaban J connectivity index is 1.76. The first-order chi connectivity index (χ1) is 8.34. The minimum absolute atomic E-state index is 0.696. The van der Waals surface area contributed by atoms with Crippen LogP contribution in [0.5, 0.6) is 0 Å². The maximum Gasteiger partial charge on any atom is 0.137 e. The van der Waals surface area contributed by atoms with E-state index in [1.807, 2.05) is 11.8 Å². The molecule has 90 valence electrons. The van der Waals surface area contributed by atoms with Crippen molar-refractivity contribution in [2.75, 3.05) is 0 Å². The van der Waals surface area contributed by atoms with E-state index in [0.717, 1.165) is 16.1 Å².